The van der Waals surface area contributed by atoms with Gasteiger partial charge in [-0.05, 0) is 36.8 Å². The van der Waals surface area contributed by atoms with E-state index in [9.17, 15) is 9.59 Å². The number of amides is 2. The van der Waals surface area contributed by atoms with E-state index in [-0.39, 0.29) is 23.8 Å². The normalized spacial score (nSPS) is 19.8. The summed E-state index contributed by atoms with van der Waals surface area (Å²) >= 11 is 0. The van der Waals surface area contributed by atoms with Crippen LogP contribution in [0.4, 0.5) is 0 Å². The number of ether oxygens (including phenoxy) is 2. The van der Waals surface area contributed by atoms with Crippen molar-refractivity contribution in [1.82, 2.24) is 9.80 Å². The van der Waals surface area contributed by atoms with Crippen molar-refractivity contribution >= 4 is 11.8 Å². The van der Waals surface area contributed by atoms with Gasteiger partial charge in [-0.3, -0.25) is 9.59 Å². The average molecular weight is 346 g/mol. The molecule has 3 rings (SSSR count). The zero-order chi connectivity index (χ0) is 17.9. The maximum absolute atomic E-state index is 12.4. The van der Waals surface area contributed by atoms with Gasteiger partial charge in [0.1, 0.15) is 11.5 Å². The second-order valence-electron chi connectivity index (χ2n) is 7.10. The lowest BCUT2D eigenvalue weighted by Crippen LogP contribution is -2.51. The quantitative estimate of drug-likeness (QED) is 0.836. The van der Waals surface area contributed by atoms with Crippen molar-refractivity contribution in [2.45, 2.75) is 25.7 Å². The Morgan fingerprint density at radius 2 is 1.92 bits per heavy atom. The van der Waals surface area contributed by atoms with Gasteiger partial charge < -0.3 is 19.3 Å². The molecule has 2 aliphatic rings. The van der Waals surface area contributed by atoms with Gasteiger partial charge in [-0.25, -0.2) is 0 Å². The molecule has 6 heteroatoms. The maximum atomic E-state index is 12.4. The molecule has 0 unspecified atom stereocenters. The summed E-state index contributed by atoms with van der Waals surface area (Å²) < 4.78 is 10.8. The number of benzene rings is 1. The van der Waals surface area contributed by atoms with E-state index in [1.807, 2.05) is 35.0 Å². The summed E-state index contributed by atoms with van der Waals surface area (Å²) in [5.74, 6) is 1.59. The third-order valence-corrected chi connectivity index (χ3v) is 5.45. The van der Waals surface area contributed by atoms with Gasteiger partial charge in [-0.1, -0.05) is 6.07 Å². The predicted octanol–water partition coefficient (Wildman–Crippen LogP) is 1.93. The molecule has 1 aromatic carbocycles. The molecule has 0 aromatic heterocycles. The van der Waals surface area contributed by atoms with E-state index >= 15 is 0 Å². The van der Waals surface area contributed by atoms with Crippen LogP contribution in [0.5, 0.6) is 11.5 Å². The number of hydrogen-bond donors (Lipinski definition) is 0. The van der Waals surface area contributed by atoms with Crippen LogP contribution in [0.25, 0.3) is 0 Å². The molecular formula is C19H26N2O4. The Bertz CT molecular complexity index is 638. The minimum absolute atomic E-state index is 0.0120. The summed E-state index contributed by atoms with van der Waals surface area (Å²) in [6, 6.07) is 7.26. The van der Waals surface area contributed by atoms with Crippen LogP contribution in [0.15, 0.2) is 24.3 Å². The molecule has 0 bridgehead atoms. The van der Waals surface area contributed by atoms with Crippen molar-refractivity contribution in [1.29, 1.82) is 0 Å². The molecule has 0 aliphatic carbocycles. The van der Waals surface area contributed by atoms with Crippen LogP contribution >= 0.6 is 0 Å². The lowest BCUT2D eigenvalue weighted by Gasteiger charge is -2.46. The highest BCUT2D eigenvalue weighted by Crippen LogP contribution is 2.39. The summed E-state index contributed by atoms with van der Waals surface area (Å²) in [6.07, 6.45) is 3.48. The fraction of sp³-hybridized carbons (Fsp3) is 0.579. The lowest BCUT2D eigenvalue weighted by molar-refractivity contribution is -0.142. The van der Waals surface area contributed by atoms with Gasteiger partial charge in [0.25, 0.3) is 5.91 Å². The van der Waals surface area contributed by atoms with Crippen molar-refractivity contribution in [3.63, 3.8) is 0 Å². The summed E-state index contributed by atoms with van der Waals surface area (Å²) in [7, 11) is 3.48. The van der Waals surface area contributed by atoms with Crippen molar-refractivity contribution in [2.75, 3.05) is 40.4 Å². The minimum Gasteiger partial charge on any atom is -0.497 e. The van der Waals surface area contributed by atoms with Crippen LogP contribution in [0.2, 0.25) is 0 Å². The number of likely N-dealkylation sites (tertiary alicyclic amines) is 2. The number of carbonyl (C=O) groups is 2. The minimum atomic E-state index is 0.0120. The smallest absolute Gasteiger partial charge is 0.260 e. The number of nitrogens with zero attached hydrogens (tertiary/aromatic N) is 2. The fourth-order valence-corrected chi connectivity index (χ4v) is 3.80. The first-order valence-corrected chi connectivity index (χ1v) is 8.80. The third kappa shape index (κ3) is 4.06. The Kier molecular flexibility index (Phi) is 5.16. The van der Waals surface area contributed by atoms with Crippen LogP contribution in [-0.4, -0.2) is 62.0 Å². The largest absolute Gasteiger partial charge is 0.497 e. The van der Waals surface area contributed by atoms with Crippen LogP contribution in [0.3, 0.4) is 0 Å². The Balaban J connectivity index is 1.49. The number of piperidine rings is 2. The molecule has 2 fully saturated rings. The molecule has 2 heterocycles. The SMILES string of the molecule is COc1cccc(OCC(=O)N2CCC3(CCC(=O)N(C)C3)CC2)c1. The number of hydrogen-bond acceptors (Lipinski definition) is 4. The number of carbonyl (C=O) groups excluding carboxylic acids is 2. The average Bonchev–Trinajstić information content (AvgIpc) is 2.64. The Morgan fingerprint density at radius 3 is 2.60 bits per heavy atom. The molecule has 2 aliphatic heterocycles. The van der Waals surface area contributed by atoms with Gasteiger partial charge in [0, 0.05) is 39.2 Å². The standard InChI is InChI=1S/C19H26N2O4/c1-20-14-19(7-6-17(20)22)8-10-21(11-9-19)18(23)13-25-16-5-3-4-15(12-16)24-2/h3-5,12H,6-11,13-14H2,1-2H3. The predicted molar refractivity (Wildman–Crippen MR) is 93.6 cm³/mol. The molecule has 6 nitrogen and oxygen atoms in total. The fourth-order valence-electron chi connectivity index (χ4n) is 3.80. The van der Waals surface area contributed by atoms with E-state index < -0.39 is 0 Å². The van der Waals surface area contributed by atoms with E-state index in [2.05, 4.69) is 0 Å². The molecule has 25 heavy (non-hydrogen) atoms. The van der Waals surface area contributed by atoms with Gasteiger partial charge in [-0.15, -0.1) is 0 Å². The highest BCUT2D eigenvalue weighted by molar-refractivity contribution is 5.78. The molecule has 0 N–H and O–H groups in total. The Hall–Kier alpha value is -2.24. The van der Waals surface area contributed by atoms with E-state index in [1.165, 1.54) is 0 Å². The Labute approximate surface area is 148 Å². The first-order chi connectivity index (χ1) is 12.0. The third-order valence-electron chi connectivity index (χ3n) is 5.45. The summed E-state index contributed by atoms with van der Waals surface area (Å²) in [4.78, 5) is 27.8. The highest BCUT2D eigenvalue weighted by atomic mass is 16.5. The van der Waals surface area contributed by atoms with E-state index in [1.54, 1.807) is 13.2 Å². The zero-order valence-electron chi connectivity index (χ0n) is 15.0. The number of rotatable bonds is 4. The second kappa shape index (κ2) is 7.33. The van der Waals surface area contributed by atoms with Crippen molar-refractivity contribution in [3.05, 3.63) is 24.3 Å². The summed E-state index contributed by atoms with van der Waals surface area (Å²) in [5.41, 5.74) is 0.188. The molecule has 136 valence electrons. The van der Waals surface area contributed by atoms with Crippen molar-refractivity contribution < 1.29 is 19.1 Å². The van der Waals surface area contributed by atoms with Gasteiger partial charge in [0.15, 0.2) is 6.61 Å². The topological polar surface area (TPSA) is 59.1 Å². The van der Waals surface area contributed by atoms with E-state index in [4.69, 9.17) is 9.47 Å². The monoisotopic (exact) mass is 346 g/mol. The van der Waals surface area contributed by atoms with Crippen molar-refractivity contribution in [2.24, 2.45) is 5.41 Å². The van der Waals surface area contributed by atoms with Crippen LogP contribution in [-0.2, 0) is 9.59 Å². The second-order valence-corrected chi connectivity index (χ2v) is 7.10. The summed E-state index contributed by atoms with van der Waals surface area (Å²) in [5, 5.41) is 0. The molecule has 1 spiro atoms. The zero-order valence-corrected chi connectivity index (χ0v) is 15.0. The lowest BCUT2D eigenvalue weighted by atomic mass is 9.72. The highest BCUT2D eigenvalue weighted by Gasteiger charge is 2.40. The molecule has 2 amide bonds. The summed E-state index contributed by atoms with van der Waals surface area (Å²) in [6.45, 7) is 2.33. The molecule has 1 aromatic rings. The van der Waals surface area contributed by atoms with E-state index in [0.717, 1.165) is 38.9 Å². The number of methoxy groups -OCH3 is 1. The first kappa shape index (κ1) is 17.6. The van der Waals surface area contributed by atoms with Crippen LogP contribution < -0.4 is 9.47 Å². The molecule has 2 saturated heterocycles. The van der Waals surface area contributed by atoms with Crippen molar-refractivity contribution in [3.8, 4) is 11.5 Å². The van der Waals surface area contributed by atoms with Gasteiger partial charge in [0.05, 0.1) is 7.11 Å². The van der Waals surface area contributed by atoms with Crippen LogP contribution in [0.1, 0.15) is 25.7 Å². The van der Waals surface area contributed by atoms with Gasteiger partial charge >= 0.3 is 0 Å². The van der Waals surface area contributed by atoms with E-state index in [0.29, 0.717) is 17.9 Å². The van der Waals surface area contributed by atoms with Crippen LogP contribution in [0, 0.1) is 5.41 Å². The first-order valence-electron chi connectivity index (χ1n) is 8.80. The van der Waals surface area contributed by atoms with Gasteiger partial charge in [-0.2, -0.15) is 0 Å². The van der Waals surface area contributed by atoms with Gasteiger partial charge in [0.2, 0.25) is 5.91 Å². The molecule has 0 saturated carbocycles. The Morgan fingerprint density at radius 1 is 1.20 bits per heavy atom. The molecule has 0 radical (unpaired) electrons. The maximum Gasteiger partial charge on any atom is 0.260 e. The molecular weight excluding hydrogens is 320 g/mol. The molecule has 0 atom stereocenters.